The van der Waals surface area contributed by atoms with Crippen LogP contribution in [0.25, 0.3) is 6.08 Å². The molecule has 0 fully saturated rings. The molecule has 0 N–H and O–H groups in total. The Kier molecular flexibility index (Phi) is 6.01. The van der Waals surface area contributed by atoms with Crippen molar-refractivity contribution >= 4 is 22.1 Å². The van der Waals surface area contributed by atoms with Gasteiger partial charge in [0.2, 0.25) is 10.0 Å². The normalized spacial score (nSPS) is 14.8. The Labute approximate surface area is 166 Å². The Hall–Kier alpha value is -2.44. The van der Waals surface area contributed by atoms with Crippen LogP contribution in [0.5, 0.6) is 0 Å². The average Bonchev–Trinajstić information content (AvgIpc) is 2.67. The topological polar surface area (TPSA) is 63.7 Å². The molecule has 0 amide bonds. The monoisotopic (exact) mass is 399 g/mol. The molecule has 1 heterocycles. The molecule has 0 spiro atoms. The second kappa shape index (κ2) is 8.29. The third-order valence-electron chi connectivity index (χ3n) is 4.96. The average molecular weight is 400 g/mol. The van der Waals surface area contributed by atoms with E-state index in [9.17, 15) is 13.2 Å². The molecule has 0 bridgehead atoms. The Bertz CT molecular complexity index is 1010. The first kappa shape index (κ1) is 20.3. The van der Waals surface area contributed by atoms with Crippen molar-refractivity contribution in [1.29, 1.82) is 0 Å². The van der Waals surface area contributed by atoms with Crippen molar-refractivity contribution in [3.05, 3.63) is 70.3 Å². The lowest BCUT2D eigenvalue weighted by Gasteiger charge is -2.29. The third kappa shape index (κ3) is 4.18. The molecule has 1 aliphatic rings. The van der Waals surface area contributed by atoms with Crippen molar-refractivity contribution in [1.82, 2.24) is 4.31 Å². The van der Waals surface area contributed by atoms with Crippen molar-refractivity contribution in [2.75, 3.05) is 13.2 Å². The molecule has 6 heteroatoms. The highest BCUT2D eigenvalue weighted by Gasteiger charge is 2.29. The summed E-state index contributed by atoms with van der Waals surface area (Å²) in [4.78, 5) is 12.0. The standard InChI is InChI=1S/C22H25NO4S/c1-4-27-22(24)12-11-20-17(3)7-8-18-15-23(14-13-21(18)20)28(25,26)19-9-5-16(2)6-10-19/h5-12H,4,13-15H2,1-3H3/b12-11+. The summed E-state index contributed by atoms with van der Waals surface area (Å²) in [5.74, 6) is -0.376. The summed E-state index contributed by atoms with van der Waals surface area (Å²) in [6, 6.07) is 10.9. The lowest BCUT2D eigenvalue weighted by molar-refractivity contribution is -0.137. The number of hydrogen-bond donors (Lipinski definition) is 0. The van der Waals surface area contributed by atoms with E-state index in [1.54, 1.807) is 25.1 Å². The number of nitrogens with zero attached hydrogens (tertiary/aromatic N) is 1. The fourth-order valence-electron chi connectivity index (χ4n) is 3.41. The van der Waals surface area contributed by atoms with Gasteiger partial charge in [0.1, 0.15) is 0 Å². The van der Waals surface area contributed by atoms with Crippen LogP contribution in [0.2, 0.25) is 0 Å². The summed E-state index contributed by atoms with van der Waals surface area (Å²) >= 11 is 0. The van der Waals surface area contributed by atoms with Gasteiger partial charge >= 0.3 is 5.97 Å². The van der Waals surface area contributed by atoms with Crippen LogP contribution in [0.3, 0.4) is 0 Å². The van der Waals surface area contributed by atoms with E-state index in [-0.39, 0.29) is 5.97 Å². The zero-order chi connectivity index (χ0) is 20.3. The molecule has 3 rings (SSSR count). The smallest absolute Gasteiger partial charge is 0.330 e. The van der Waals surface area contributed by atoms with E-state index in [0.29, 0.717) is 31.0 Å². The van der Waals surface area contributed by atoms with E-state index in [2.05, 4.69) is 0 Å². The number of fused-ring (bicyclic) bond motifs is 1. The second-order valence-corrected chi connectivity index (χ2v) is 8.86. The number of hydrogen-bond acceptors (Lipinski definition) is 4. The highest BCUT2D eigenvalue weighted by molar-refractivity contribution is 7.89. The molecule has 2 aromatic rings. The molecule has 0 atom stereocenters. The van der Waals surface area contributed by atoms with Crippen LogP contribution in [0.15, 0.2) is 47.4 Å². The Morgan fingerprint density at radius 2 is 1.86 bits per heavy atom. The Balaban J connectivity index is 1.89. The molecule has 0 unspecified atom stereocenters. The first-order valence-corrected chi connectivity index (χ1v) is 10.8. The molecule has 2 aromatic carbocycles. The molecule has 5 nitrogen and oxygen atoms in total. The molecule has 0 aliphatic carbocycles. The largest absolute Gasteiger partial charge is 0.463 e. The third-order valence-corrected chi connectivity index (χ3v) is 6.82. The van der Waals surface area contributed by atoms with Crippen molar-refractivity contribution in [3.8, 4) is 0 Å². The number of aryl methyl sites for hydroxylation is 2. The first-order valence-electron chi connectivity index (χ1n) is 9.36. The molecule has 0 saturated carbocycles. The number of rotatable bonds is 5. The molecular weight excluding hydrogens is 374 g/mol. The van der Waals surface area contributed by atoms with Gasteiger partial charge in [0.25, 0.3) is 0 Å². The number of carbonyl (C=O) groups excluding carboxylic acids is 1. The molecule has 148 valence electrons. The molecule has 0 radical (unpaired) electrons. The van der Waals surface area contributed by atoms with Crippen LogP contribution in [0.4, 0.5) is 0 Å². The molecular formula is C22H25NO4S. The predicted molar refractivity (Wildman–Crippen MR) is 109 cm³/mol. The van der Waals surface area contributed by atoms with Gasteiger partial charge in [-0.3, -0.25) is 0 Å². The zero-order valence-electron chi connectivity index (χ0n) is 16.4. The van der Waals surface area contributed by atoms with Crippen LogP contribution in [0, 0.1) is 13.8 Å². The van der Waals surface area contributed by atoms with Gasteiger partial charge in [-0.25, -0.2) is 13.2 Å². The van der Waals surface area contributed by atoms with Crippen LogP contribution in [-0.2, 0) is 32.5 Å². The highest BCUT2D eigenvalue weighted by atomic mass is 32.2. The summed E-state index contributed by atoms with van der Waals surface area (Å²) < 4.78 is 32.5. The van der Waals surface area contributed by atoms with Crippen molar-refractivity contribution < 1.29 is 17.9 Å². The maximum absolute atomic E-state index is 13.0. The van der Waals surface area contributed by atoms with Gasteiger partial charge in [-0.2, -0.15) is 4.31 Å². The van der Waals surface area contributed by atoms with Crippen molar-refractivity contribution in [3.63, 3.8) is 0 Å². The SMILES string of the molecule is CCOC(=O)/C=C/c1c(C)ccc2c1CCN(S(=O)(=O)c1ccc(C)cc1)C2. The summed E-state index contributed by atoms with van der Waals surface area (Å²) in [5.41, 5.74) is 5.11. The van der Waals surface area contributed by atoms with E-state index in [0.717, 1.165) is 27.8 Å². The van der Waals surface area contributed by atoms with Gasteiger partial charge in [-0.05, 0) is 67.7 Å². The lowest BCUT2D eigenvalue weighted by atomic mass is 9.92. The number of ether oxygens (including phenoxy) is 1. The maximum atomic E-state index is 13.0. The molecule has 0 aromatic heterocycles. The number of esters is 1. The van der Waals surface area contributed by atoms with Gasteiger partial charge in [-0.1, -0.05) is 29.8 Å². The highest BCUT2D eigenvalue weighted by Crippen LogP contribution is 2.29. The van der Waals surface area contributed by atoms with E-state index in [4.69, 9.17) is 4.74 Å². The van der Waals surface area contributed by atoms with Gasteiger partial charge in [0.15, 0.2) is 0 Å². The second-order valence-electron chi connectivity index (χ2n) is 6.92. The number of sulfonamides is 1. The summed E-state index contributed by atoms with van der Waals surface area (Å²) in [7, 11) is -3.54. The molecule has 0 saturated heterocycles. The minimum atomic E-state index is -3.54. The van der Waals surface area contributed by atoms with Crippen molar-refractivity contribution in [2.45, 2.75) is 38.6 Å². The van der Waals surface area contributed by atoms with E-state index >= 15 is 0 Å². The first-order chi connectivity index (χ1) is 13.3. The van der Waals surface area contributed by atoms with Gasteiger partial charge in [0, 0.05) is 19.2 Å². The van der Waals surface area contributed by atoms with Crippen LogP contribution < -0.4 is 0 Å². The maximum Gasteiger partial charge on any atom is 0.330 e. The Morgan fingerprint density at radius 3 is 2.54 bits per heavy atom. The minimum absolute atomic E-state index is 0.316. The van der Waals surface area contributed by atoms with Gasteiger partial charge < -0.3 is 4.74 Å². The molecule has 1 aliphatic heterocycles. The van der Waals surface area contributed by atoms with Crippen LogP contribution >= 0.6 is 0 Å². The predicted octanol–water partition coefficient (Wildman–Crippen LogP) is 3.63. The van der Waals surface area contributed by atoms with E-state index < -0.39 is 10.0 Å². The van der Waals surface area contributed by atoms with E-state index in [1.165, 1.54) is 10.4 Å². The summed E-state index contributed by atoms with van der Waals surface area (Å²) in [6.07, 6.45) is 3.81. The van der Waals surface area contributed by atoms with Crippen LogP contribution in [0.1, 0.15) is 34.7 Å². The summed E-state index contributed by atoms with van der Waals surface area (Å²) in [5, 5.41) is 0. The minimum Gasteiger partial charge on any atom is -0.463 e. The zero-order valence-corrected chi connectivity index (χ0v) is 17.3. The quantitative estimate of drug-likeness (QED) is 0.569. The lowest BCUT2D eigenvalue weighted by Crippen LogP contribution is -2.36. The van der Waals surface area contributed by atoms with Crippen LogP contribution in [-0.4, -0.2) is 31.8 Å². The summed E-state index contributed by atoms with van der Waals surface area (Å²) in [6.45, 7) is 6.76. The Morgan fingerprint density at radius 1 is 1.14 bits per heavy atom. The van der Waals surface area contributed by atoms with E-state index in [1.807, 2.05) is 38.1 Å². The van der Waals surface area contributed by atoms with Gasteiger partial charge in [-0.15, -0.1) is 0 Å². The van der Waals surface area contributed by atoms with Crippen molar-refractivity contribution in [2.24, 2.45) is 0 Å². The fourth-order valence-corrected chi connectivity index (χ4v) is 4.83. The number of benzene rings is 2. The number of carbonyl (C=O) groups is 1. The molecule has 28 heavy (non-hydrogen) atoms. The fraction of sp³-hybridized carbons (Fsp3) is 0.318. The van der Waals surface area contributed by atoms with Gasteiger partial charge in [0.05, 0.1) is 11.5 Å².